The molecular weight excluding hydrogens is 306 g/mol. The molecule has 1 fully saturated rings. The average Bonchev–Trinajstić information content (AvgIpc) is 2.59. The molecule has 1 atom stereocenters. The van der Waals surface area contributed by atoms with Crippen molar-refractivity contribution >= 4 is 18.1 Å². The monoisotopic (exact) mass is 339 g/mol. The third-order valence-corrected chi connectivity index (χ3v) is 4.80. The SMILES string of the molecule is NCCCCCCC(=O)N(CC=O)C(=O)[C@@H](N)CC1CCCCC1. The first-order valence-electron chi connectivity index (χ1n) is 9.33. The molecule has 6 heteroatoms. The molecule has 0 bridgehead atoms. The molecule has 24 heavy (non-hydrogen) atoms. The van der Waals surface area contributed by atoms with Crippen molar-refractivity contribution in [2.45, 2.75) is 76.7 Å². The number of amides is 2. The fourth-order valence-corrected chi connectivity index (χ4v) is 3.38. The second-order valence-corrected chi connectivity index (χ2v) is 6.81. The van der Waals surface area contributed by atoms with E-state index in [0.29, 0.717) is 31.6 Å². The first-order chi connectivity index (χ1) is 11.6. The Morgan fingerprint density at radius 3 is 2.38 bits per heavy atom. The van der Waals surface area contributed by atoms with Gasteiger partial charge in [0.1, 0.15) is 6.29 Å². The molecule has 1 rings (SSSR count). The molecule has 2 amide bonds. The quantitative estimate of drug-likeness (QED) is 0.440. The highest BCUT2D eigenvalue weighted by atomic mass is 16.2. The van der Waals surface area contributed by atoms with Gasteiger partial charge in [-0.1, -0.05) is 44.9 Å². The Morgan fingerprint density at radius 1 is 1.08 bits per heavy atom. The van der Waals surface area contributed by atoms with Crippen LogP contribution in [0, 0.1) is 5.92 Å². The fraction of sp³-hybridized carbons (Fsp3) is 0.833. The highest BCUT2D eigenvalue weighted by Gasteiger charge is 2.28. The van der Waals surface area contributed by atoms with Crippen LogP contribution in [0.2, 0.25) is 0 Å². The third-order valence-electron chi connectivity index (χ3n) is 4.80. The number of imide groups is 1. The fourth-order valence-electron chi connectivity index (χ4n) is 3.38. The largest absolute Gasteiger partial charge is 0.330 e. The van der Waals surface area contributed by atoms with Gasteiger partial charge in [-0.2, -0.15) is 0 Å². The van der Waals surface area contributed by atoms with Gasteiger partial charge in [0.2, 0.25) is 11.8 Å². The van der Waals surface area contributed by atoms with Crippen molar-refractivity contribution in [2.75, 3.05) is 13.1 Å². The lowest BCUT2D eigenvalue weighted by Gasteiger charge is -2.27. The number of nitrogens with zero attached hydrogens (tertiary/aromatic N) is 1. The van der Waals surface area contributed by atoms with Crippen LogP contribution in [0.1, 0.15) is 70.6 Å². The van der Waals surface area contributed by atoms with E-state index < -0.39 is 11.9 Å². The lowest BCUT2D eigenvalue weighted by molar-refractivity contribution is -0.147. The van der Waals surface area contributed by atoms with Gasteiger partial charge in [0.25, 0.3) is 0 Å². The van der Waals surface area contributed by atoms with Crippen LogP contribution in [-0.2, 0) is 14.4 Å². The third kappa shape index (κ3) is 7.53. The molecule has 0 aromatic heterocycles. The molecule has 6 nitrogen and oxygen atoms in total. The summed E-state index contributed by atoms with van der Waals surface area (Å²) < 4.78 is 0. The first kappa shape index (κ1) is 20.8. The van der Waals surface area contributed by atoms with Crippen molar-refractivity contribution in [3.05, 3.63) is 0 Å². The minimum atomic E-state index is -0.686. The van der Waals surface area contributed by atoms with Crippen LogP contribution in [0.3, 0.4) is 0 Å². The van der Waals surface area contributed by atoms with Gasteiger partial charge < -0.3 is 16.3 Å². The lowest BCUT2D eigenvalue weighted by Crippen LogP contribution is -2.48. The van der Waals surface area contributed by atoms with Crippen molar-refractivity contribution in [1.82, 2.24) is 4.90 Å². The Kier molecular flexibility index (Phi) is 10.5. The number of unbranched alkanes of at least 4 members (excludes halogenated alkanes) is 3. The second-order valence-electron chi connectivity index (χ2n) is 6.81. The van der Waals surface area contributed by atoms with Crippen LogP contribution in [0.15, 0.2) is 0 Å². The summed E-state index contributed by atoms with van der Waals surface area (Å²) in [4.78, 5) is 36.7. The topological polar surface area (TPSA) is 106 Å². The van der Waals surface area contributed by atoms with E-state index in [1.165, 1.54) is 19.3 Å². The molecule has 1 saturated carbocycles. The van der Waals surface area contributed by atoms with Gasteiger partial charge in [-0.25, -0.2) is 0 Å². The lowest BCUT2D eigenvalue weighted by atomic mass is 9.84. The van der Waals surface area contributed by atoms with Crippen LogP contribution in [0.5, 0.6) is 0 Å². The zero-order chi connectivity index (χ0) is 17.8. The molecule has 0 aromatic carbocycles. The summed E-state index contributed by atoms with van der Waals surface area (Å²) >= 11 is 0. The van der Waals surface area contributed by atoms with Crippen LogP contribution in [0.4, 0.5) is 0 Å². The number of nitrogens with two attached hydrogens (primary N) is 2. The molecule has 0 saturated heterocycles. The Labute approximate surface area is 145 Å². The minimum absolute atomic E-state index is 0.196. The van der Waals surface area contributed by atoms with Crippen molar-refractivity contribution in [2.24, 2.45) is 17.4 Å². The van der Waals surface area contributed by atoms with Gasteiger partial charge in [-0.05, 0) is 31.7 Å². The van der Waals surface area contributed by atoms with E-state index in [4.69, 9.17) is 11.5 Å². The van der Waals surface area contributed by atoms with Crippen LogP contribution in [0.25, 0.3) is 0 Å². The van der Waals surface area contributed by atoms with E-state index >= 15 is 0 Å². The van der Waals surface area contributed by atoms with E-state index in [1.807, 2.05) is 0 Å². The van der Waals surface area contributed by atoms with Crippen molar-refractivity contribution < 1.29 is 14.4 Å². The first-order valence-corrected chi connectivity index (χ1v) is 9.33. The maximum Gasteiger partial charge on any atom is 0.246 e. The van der Waals surface area contributed by atoms with Gasteiger partial charge >= 0.3 is 0 Å². The molecule has 0 aromatic rings. The van der Waals surface area contributed by atoms with E-state index in [9.17, 15) is 14.4 Å². The van der Waals surface area contributed by atoms with E-state index in [1.54, 1.807) is 0 Å². The van der Waals surface area contributed by atoms with E-state index in [-0.39, 0.29) is 18.9 Å². The molecule has 4 N–H and O–H groups in total. The normalized spacial score (nSPS) is 16.6. The predicted molar refractivity (Wildman–Crippen MR) is 94.1 cm³/mol. The second kappa shape index (κ2) is 12.1. The molecule has 0 radical (unpaired) electrons. The van der Waals surface area contributed by atoms with Crippen molar-refractivity contribution in [1.29, 1.82) is 0 Å². The maximum atomic E-state index is 12.5. The average molecular weight is 339 g/mol. The highest BCUT2D eigenvalue weighted by Crippen LogP contribution is 2.27. The molecule has 1 aliphatic rings. The molecule has 0 heterocycles. The maximum absolute atomic E-state index is 12.5. The zero-order valence-corrected chi connectivity index (χ0v) is 14.8. The molecule has 0 aliphatic heterocycles. The number of hydrogen-bond donors (Lipinski definition) is 2. The van der Waals surface area contributed by atoms with Gasteiger partial charge in [-0.3, -0.25) is 14.5 Å². The number of hydrogen-bond acceptors (Lipinski definition) is 5. The van der Waals surface area contributed by atoms with Crippen LogP contribution >= 0.6 is 0 Å². The Morgan fingerprint density at radius 2 is 1.75 bits per heavy atom. The van der Waals surface area contributed by atoms with E-state index in [0.717, 1.165) is 37.0 Å². The molecule has 0 unspecified atom stereocenters. The summed E-state index contributed by atoms with van der Waals surface area (Å²) in [6.45, 7) is 0.457. The zero-order valence-electron chi connectivity index (χ0n) is 14.8. The number of rotatable bonds is 11. The van der Waals surface area contributed by atoms with Crippen molar-refractivity contribution in [3.63, 3.8) is 0 Å². The Bertz CT molecular complexity index is 395. The molecular formula is C18H33N3O3. The number of aldehydes is 1. The van der Waals surface area contributed by atoms with Gasteiger partial charge in [0.15, 0.2) is 0 Å². The molecule has 0 spiro atoms. The number of carbonyl (C=O) groups is 3. The van der Waals surface area contributed by atoms with Gasteiger partial charge in [-0.15, -0.1) is 0 Å². The Balaban J connectivity index is 2.46. The number of carbonyl (C=O) groups excluding carboxylic acids is 3. The standard InChI is InChI=1S/C18H33N3O3/c19-11-7-2-1-6-10-17(23)21(12-13-22)18(24)16(20)14-15-8-4-3-5-9-15/h13,15-16H,1-12,14,19-20H2/t16-/m0/s1. The van der Waals surface area contributed by atoms with E-state index in [2.05, 4.69) is 0 Å². The van der Waals surface area contributed by atoms with Crippen molar-refractivity contribution in [3.8, 4) is 0 Å². The van der Waals surface area contributed by atoms with Gasteiger partial charge in [0.05, 0.1) is 12.6 Å². The van der Waals surface area contributed by atoms with Gasteiger partial charge in [0, 0.05) is 6.42 Å². The van der Waals surface area contributed by atoms with Crippen LogP contribution < -0.4 is 11.5 Å². The predicted octanol–water partition coefficient (Wildman–Crippen LogP) is 1.75. The smallest absolute Gasteiger partial charge is 0.246 e. The Hall–Kier alpha value is -1.27. The summed E-state index contributed by atoms with van der Waals surface area (Å²) in [5.74, 6) is -0.235. The minimum Gasteiger partial charge on any atom is -0.330 e. The highest BCUT2D eigenvalue weighted by molar-refractivity contribution is 5.99. The summed E-state index contributed by atoms with van der Waals surface area (Å²) in [7, 11) is 0. The summed E-state index contributed by atoms with van der Waals surface area (Å²) in [5, 5.41) is 0. The van der Waals surface area contributed by atoms with Crippen LogP contribution in [-0.4, -0.2) is 42.1 Å². The summed E-state index contributed by atoms with van der Waals surface area (Å²) in [6.07, 6.45) is 10.8. The molecule has 138 valence electrons. The molecule has 1 aliphatic carbocycles. The summed E-state index contributed by atoms with van der Waals surface area (Å²) in [5.41, 5.74) is 11.5. The summed E-state index contributed by atoms with van der Waals surface area (Å²) in [6, 6.07) is -0.686.